The van der Waals surface area contributed by atoms with Gasteiger partial charge in [-0.15, -0.1) is 0 Å². The fourth-order valence-electron chi connectivity index (χ4n) is 2.16. The molecule has 1 aliphatic rings. The van der Waals surface area contributed by atoms with Gasteiger partial charge in [0.2, 0.25) is 0 Å². The van der Waals surface area contributed by atoms with Crippen molar-refractivity contribution in [1.29, 1.82) is 0 Å². The first kappa shape index (κ1) is 10.6. The van der Waals surface area contributed by atoms with Crippen LogP contribution in [0.1, 0.15) is 5.56 Å². The van der Waals surface area contributed by atoms with E-state index in [1.807, 2.05) is 6.07 Å². The van der Waals surface area contributed by atoms with Crippen LogP contribution in [-0.4, -0.2) is 43.1 Å². The molecule has 0 amide bonds. The lowest BCUT2D eigenvalue weighted by atomic mass is 10.2. The molecular formula is C13H17N3O. The molecule has 0 spiro atoms. The molecule has 0 bridgehead atoms. The Hall–Kier alpha value is -1.55. The number of likely N-dealkylation sites (N-methyl/N-ethyl adjacent to an activating group) is 1. The Morgan fingerprint density at radius 3 is 2.71 bits per heavy atom. The molecule has 1 aromatic carbocycles. The lowest BCUT2D eigenvalue weighted by Gasteiger charge is -2.31. The van der Waals surface area contributed by atoms with Crippen molar-refractivity contribution in [2.75, 3.05) is 38.1 Å². The summed E-state index contributed by atoms with van der Waals surface area (Å²) in [6.07, 6.45) is 0. The zero-order valence-corrected chi connectivity index (χ0v) is 10.3. The first-order valence-corrected chi connectivity index (χ1v) is 6.03. The summed E-state index contributed by atoms with van der Waals surface area (Å²) in [6, 6.07) is 6.88. The molecule has 1 fully saturated rings. The smallest absolute Gasteiger partial charge is 0.298 e. The van der Waals surface area contributed by atoms with Gasteiger partial charge in [0.15, 0.2) is 5.58 Å². The van der Waals surface area contributed by atoms with Gasteiger partial charge < -0.3 is 14.2 Å². The van der Waals surface area contributed by atoms with Crippen molar-refractivity contribution >= 4 is 17.1 Å². The fourth-order valence-corrected chi connectivity index (χ4v) is 2.16. The molecule has 3 rings (SSSR count). The van der Waals surface area contributed by atoms with Crippen LogP contribution in [0.25, 0.3) is 11.1 Å². The molecule has 4 nitrogen and oxygen atoms in total. The highest BCUT2D eigenvalue weighted by molar-refractivity contribution is 5.75. The summed E-state index contributed by atoms with van der Waals surface area (Å²) in [5.74, 6) is 0. The molecule has 0 aliphatic carbocycles. The highest BCUT2D eigenvalue weighted by Gasteiger charge is 2.18. The zero-order chi connectivity index (χ0) is 11.8. The van der Waals surface area contributed by atoms with E-state index >= 15 is 0 Å². The maximum Gasteiger partial charge on any atom is 0.298 e. The van der Waals surface area contributed by atoms with Gasteiger partial charge in [-0.25, -0.2) is 0 Å². The van der Waals surface area contributed by atoms with Gasteiger partial charge in [-0.2, -0.15) is 4.98 Å². The van der Waals surface area contributed by atoms with E-state index < -0.39 is 0 Å². The Bertz CT molecular complexity index is 526. The molecule has 2 aromatic rings. The van der Waals surface area contributed by atoms with Gasteiger partial charge in [0, 0.05) is 26.2 Å². The number of nitrogens with zero attached hydrogens (tertiary/aromatic N) is 3. The predicted molar refractivity (Wildman–Crippen MR) is 68.5 cm³/mol. The van der Waals surface area contributed by atoms with Crippen molar-refractivity contribution in [2.45, 2.75) is 6.92 Å². The van der Waals surface area contributed by atoms with E-state index in [0.29, 0.717) is 0 Å². The van der Waals surface area contributed by atoms with Gasteiger partial charge in [-0.3, -0.25) is 0 Å². The third-order valence-electron chi connectivity index (χ3n) is 3.31. The van der Waals surface area contributed by atoms with Crippen LogP contribution in [0.5, 0.6) is 0 Å². The van der Waals surface area contributed by atoms with Crippen molar-refractivity contribution < 1.29 is 4.42 Å². The van der Waals surface area contributed by atoms with Crippen LogP contribution in [0.2, 0.25) is 0 Å². The number of benzene rings is 1. The molecule has 4 heteroatoms. The van der Waals surface area contributed by atoms with E-state index in [9.17, 15) is 0 Å². The van der Waals surface area contributed by atoms with Gasteiger partial charge in [-0.05, 0) is 31.7 Å². The quantitative estimate of drug-likeness (QED) is 0.750. The van der Waals surface area contributed by atoms with Crippen LogP contribution < -0.4 is 4.90 Å². The van der Waals surface area contributed by atoms with Crippen LogP contribution in [0.15, 0.2) is 22.6 Å². The topological polar surface area (TPSA) is 32.5 Å². The van der Waals surface area contributed by atoms with E-state index in [-0.39, 0.29) is 0 Å². The number of hydrogen-bond donors (Lipinski definition) is 0. The third-order valence-corrected chi connectivity index (χ3v) is 3.31. The summed E-state index contributed by atoms with van der Waals surface area (Å²) in [7, 11) is 2.15. The number of fused-ring (bicyclic) bond motifs is 1. The van der Waals surface area contributed by atoms with Gasteiger partial charge in [0.25, 0.3) is 6.01 Å². The summed E-state index contributed by atoms with van der Waals surface area (Å²) in [6.45, 7) is 6.18. The van der Waals surface area contributed by atoms with Crippen LogP contribution in [-0.2, 0) is 0 Å². The summed E-state index contributed by atoms with van der Waals surface area (Å²) in [4.78, 5) is 9.10. The van der Waals surface area contributed by atoms with Crippen molar-refractivity contribution in [1.82, 2.24) is 9.88 Å². The Balaban J connectivity index is 1.90. The van der Waals surface area contributed by atoms with Gasteiger partial charge in [0.1, 0.15) is 5.52 Å². The molecule has 1 aliphatic heterocycles. The number of piperazine rings is 1. The highest BCUT2D eigenvalue weighted by Crippen LogP contribution is 2.23. The van der Waals surface area contributed by atoms with Crippen LogP contribution in [0.3, 0.4) is 0 Å². The SMILES string of the molecule is Cc1ccc2oc(N3CCN(C)CC3)nc2c1. The average molecular weight is 231 g/mol. The van der Waals surface area contributed by atoms with E-state index in [1.165, 1.54) is 5.56 Å². The lowest BCUT2D eigenvalue weighted by Crippen LogP contribution is -2.44. The molecule has 90 valence electrons. The maximum absolute atomic E-state index is 5.79. The van der Waals surface area contributed by atoms with E-state index in [1.54, 1.807) is 0 Å². The third kappa shape index (κ3) is 2.00. The predicted octanol–water partition coefficient (Wildman–Crippen LogP) is 1.89. The number of rotatable bonds is 1. The molecule has 0 N–H and O–H groups in total. The van der Waals surface area contributed by atoms with Gasteiger partial charge in [-0.1, -0.05) is 6.07 Å². The number of hydrogen-bond acceptors (Lipinski definition) is 4. The lowest BCUT2D eigenvalue weighted by molar-refractivity contribution is 0.305. The highest BCUT2D eigenvalue weighted by atomic mass is 16.4. The van der Waals surface area contributed by atoms with Gasteiger partial charge >= 0.3 is 0 Å². The number of oxazole rings is 1. The van der Waals surface area contributed by atoms with Crippen molar-refractivity contribution in [2.24, 2.45) is 0 Å². The molecule has 17 heavy (non-hydrogen) atoms. The largest absolute Gasteiger partial charge is 0.423 e. The fraction of sp³-hybridized carbons (Fsp3) is 0.462. The second-order valence-electron chi connectivity index (χ2n) is 4.76. The summed E-state index contributed by atoms with van der Waals surface area (Å²) < 4.78 is 5.79. The Labute approximate surface area is 101 Å². The van der Waals surface area contributed by atoms with Gasteiger partial charge in [0.05, 0.1) is 0 Å². The van der Waals surface area contributed by atoms with Crippen molar-refractivity contribution in [3.63, 3.8) is 0 Å². The monoisotopic (exact) mass is 231 g/mol. The minimum Gasteiger partial charge on any atom is -0.423 e. The molecule has 0 atom stereocenters. The Morgan fingerprint density at radius 1 is 1.18 bits per heavy atom. The molecule has 2 heterocycles. The maximum atomic E-state index is 5.79. The minimum absolute atomic E-state index is 0.763. The van der Waals surface area contributed by atoms with E-state index in [0.717, 1.165) is 43.3 Å². The first-order valence-electron chi connectivity index (χ1n) is 6.03. The van der Waals surface area contributed by atoms with E-state index in [4.69, 9.17) is 4.42 Å². The van der Waals surface area contributed by atoms with Crippen LogP contribution in [0.4, 0.5) is 6.01 Å². The molecule has 0 unspecified atom stereocenters. The second-order valence-corrected chi connectivity index (χ2v) is 4.76. The average Bonchev–Trinajstić information content (AvgIpc) is 2.72. The minimum atomic E-state index is 0.763. The molecular weight excluding hydrogens is 214 g/mol. The van der Waals surface area contributed by atoms with Crippen LogP contribution in [0, 0.1) is 6.92 Å². The van der Waals surface area contributed by atoms with Crippen molar-refractivity contribution in [3.05, 3.63) is 23.8 Å². The van der Waals surface area contributed by atoms with Crippen molar-refractivity contribution in [3.8, 4) is 0 Å². The summed E-state index contributed by atoms with van der Waals surface area (Å²) in [5, 5.41) is 0. The number of aromatic nitrogens is 1. The second kappa shape index (κ2) is 4.04. The summed E-state index contributed by atoms with van der Waals surface area (Å²) >= 11 is 0. The summed E-state index contributed by atoms with van der Waals surface area (Å²) in [5.41, 5.74) is 3.05. The Morgan fingerprint density at radius 2 is 1.94 bits per heavy atom. The van der Waals surface area contributed by atoms with Crippen LogP contribution >= 0.6 is 0 Å². The molecule has 0 saturated carbocycles. The zero-order valence-electron chi connectivity index (χ0n) is 10.3. The number of anilines is 1. The Kier molecular flexibility index (Phi) is 2.52. The molecule has 1 saturated heterocycles. The standard InChI is InChI=1S/C13H17N3O/c1-10-3-4-12-11(9-10)14-13(17-12)16-7-5-15(2)6-8-16/h3-4,9H,5-8H2,1-2H3. The molecule has 0 radical (unpaired) electrons. The normalized spacial score (nSPS) is 17.9. The molecule has 1 aromatic heterocycles. The number of aryl methyl sites for hydroxylation is 1. The van der Waals surface area contributed by atoms with E-state index in [2.05, 4.69) is 40.9 Å². The first-order chi connectivity index (χ1) is 8.22.